The zero-order valence-corrected chi connectivity index (χ0v) is 24.7. The average molecular weight is 571 g/mol. The molecule has 3 N–H and O–H groups in total. The molecule has 2 saturated heterocycles. The van der Waals surface area contributed by atoms with E-state index in [1.54, 1.807) is 24.3 Å². The van der Waals surface area contributed by atoms with Crippen LogP contribution < -0.4 is 20.7 Å². The van der Waals surface area contributed by atoms with Gasteiger partial charge in [-0.1, -0.05) is 52.8 Å². The van der Waals surface area contributed by atoms with Gasteiger partial charge < -0.3 is 30.3 Å². The molecule has 11 nitrogen and oxygen atoms in total. The van der Waals surface area contributed by atoms with E-state index in [9.17, 15) is 24.0 Å². The molecule has 2 heterocycles. The van der Waals surface area contributed by atoms with Crippen LogP contribution in [-0.2, 0) is 23.9 Å². The summed E-state index contributed by atoms with van der Waals surface area (Å²) in [5.41, 5.74) is -0.815. The standard InChI is InChI=1S/C30H42N4O7/c1-29(2,3)24(33-28(39)40-6)27(38)34-15-19-22(30(19,4)5)23(34)26(37)32-20(14-17-12-13-31-25(17)36)21(35)16-41-18-10-8-7-9-11-18/h7-11,17,19-20,22-24H,12-16H2,1-6H3,(H,31,36)(H,32,37)(H,33,39)/t17-,19-,20-,22-,23-,24+/m0/s1. The molecule has 1 aromatic rings. The molecule has 2 aliphatic heterocycles. The number of ketones is 1. The highest BCUT2D eigenvalue weighted by molar-refractivity contribution is 5.96. The molecule has 3 fully saturated rings. The molecule has 1 aromatic carbocycles. The van der Waals surface area contributed by atoms with Gasteiger partial charge in [0.25, 0.3) is 0 Å². The molecule has 0 radical (unpaired) electrons. The van der Waals surface area contributed by atoms with E-state index in [1.807, 2.05) is 26.8 Å². The van der Waals surface area contributed by atoms with Crippen molar-refractivity contribution in [3.8, 4) is 5.75 Å². The minimum atomic E-state index is -0.968. The van der Waals surface area contributed by atoms with E-state index in [-0.39, 0.29) is 47.9 Å². The molecule has 4 rings (SSSR count). The minimum Gasteiger partial charge on any atom is -0.486 e. The number of amides is 4. The SMILES string of the molecule is COC(=O)N[C@H](C(=O)N1C[C@H]2[C@@H]([C@H]1C(=O)N[C@@H](C[C@@H]1CCNC1=O)C(=O)COc1ccccc1)C2(C)C)C(C)(C)C. The summed E-state index contributed by atoms with van der Waals surface area (Å²) in [5.74, 6) is -1.22. The van der Waals surface area contributed by atoms with Gasteiger partial charge in [-0.25, -0.2) is 4.79 Å². The Bertz CT molecular complexity index is 1180. The van der Waals surface area contributed by atoms with Gasteiger partial charge in [-0.3, -0.25) is 19.2 Å². The number of carbonyl (C=O) groups excluding carboxylic acids is 5. The van der Waals surface area contributed by atoms with Crippen molar-refractivity contribution in [3.05, 3.63) is 30.3 Å². The Morgan fingerprint density at radius 3 is 2.39 bits per heavy atom. The van der Waals surface area contributed by atoms with Crippen molar-refractivity contribution in [2.45, 2.75) is 65.6 Å². The lowest BCUT2D eigenvalue weighted by Gasteiger charge is -2.37. The van der Waals surface area contributed by atoms with Crippen LogP contribution in [0.15, 0.2) is 30.3 Å². The van der Waals surface area contributed by atoms with E-state index < -0.39 is 41.5 Å². The van der Waals surface area contributed by atoms with E-state index >= 15 is 0 Å². The topological polar surface area (TPSA) is 143 Å². The quantitative estimate of drug-likeness (QED) is 0.390. The van der Waals surface area contributed by atoms with Crippen LogP contribution in [-0.4, -0.2) is 79.4 Å². The van der Waals surface area contributed by atoms with Crippen LogP contribution >= 0.6 is 0 Å². The molecule has 41 heavy (non-hydrogen) atoms. The second-order valence-electron chi connectivity index (χ2n) is 13.0. The van der Waals surface area contributed by atoms with Gasteiger partial charge in [0.05, 0.1) is 13.2 Å². The number of benzene rings is 1. The molecule has 1 aliphatic carbocycles. The number of hydrogen-bond donors (Lipinski definition) is 3. The lowest BCUT2D eigenvalue weighted by atomic mass is 9.85. The van der Waals surface area contributed by atoms with Gasteiger partial charge in [0.1, 0.15) is 24.4 Å². The molecular weight excluding hydrogens is 528 g/mol. The Morgan fingerprint density at radius 1 is 1.12 bits per heavy atom. The molecule has 1 saturated carbocycles. The number of carbonyl (C=O) groups is 5. The van der Waals surface area contributed by atoms with Crippen LogP contribution in [0.5, 0.6) is 5.75 Å². The molecular formula is C30H42N4O7. The lowest BCUT2D eigenvalue weighted by molar-refractivity contribution is -0.144. The fourth-order valence-electron chi connectivity index (χ4n) is 6.26. The molecule has 11 heteroatoms. The summed E-state index contributed by atoms with van der Waals surface area (Å²) >= 11 is 0. The molecule has 4 amide bonds. The maximum Gasteiger partial charge on any atom is 0.407 e. The number of piperidine rings is 1. The van der Waals surface area contributed by atoms with Gasteiger partial charge >= 0.3 is 6.09 Å². The molecule has 6 atom stereocenters. The molecule has 0 spiro atoms. The van der Waals surface area contributed by atoms with Gasteiger partial charge in [0.2, 0.25) is 17.7 Å². The maximum absolute atomic E-state index is 14.0. The first kappa shape index (κ1) is 30.3. The first-order valence-electron chi connectivity index (χ1n) is 14.2. The second-order valence-corrected chi connectivity index (χ2v) is 13.0. The number of alkyl carbamates (subject to hydrolysis) is 1. The van der Waals surface area contributed by atoms with Crippen LogP contribution in [0, 0.1) is 28.6 Å². The highest BCUT2D eigenvalue weighted by Gasteiger charge is 2.70. The molecule has 224 valence electrons. The van der Waals surface area contributed by atoms with Gasteiger partial charge in [0, 0.05) is 19.0 Å². The number of nitrogens with one attached hydrogen (secondary N) is 3. The van der Waals surface area contributed by atoms with Crippen molar-refractivity contribution >= 4 is 29.6 Å². The Labute approximate surface area is 241 Å². The number of methoxy groups -OCH3 is 1. The van der Waals surface area contributed by atoms with Gasteiger partial charge in [-0.15, -0.1) is 0 Å². The van der Waals surface area contributed by atoms with Crippen molar-refractivity contribution in [1.82, 2.24) is 20.9 Å². The van der Waals surface area contributed by atoms with E-state index in [0.717, 1.165) is 0 Å². The van der Waals surface area contributed by atoms with Crippen molar-refractivity contribution in [3.63, 3.8) is 0 Å². The third-order valence-electron chi connectivity index (χ3n) is 8.83. The Morgan fingerprint density at radius 2 is 1.80 bits per heavy atom. The predicted octanol–water partition coefficient (Wildman–Crippen LogP) is 1.90. The Kier molecular flexibility index (Phi) is 8.65. The predicted molar refractivity (Wildman–Crippen MR) is 150 cm³/mol. The summed E-state index contributed by atoms with van der Waals surface area (Å²) < 4.78 is 10.4. The largest absolute Gasteiger partial charge is 0.486 e. The Hall–Kier alpha value is -3.63. The molecule has 0 unspecified atom stereocenters. The smallest absolute Gasteiger partial charge is 0.407 e. The maximum atomic E-state index is 14.0. The summed E-state index contributed by atoms with van der Waals surface area (Å²) in [6.45, 7) is 10.2. The normalized spacial score (nSPS) is 25.8. The number of rotatable bonds is 10. The van der Waals surface area contributed by atoms with Gasteiger partial charge in [0.15, 0.2) is 5.78 Å². The summed E-state index contributed by atoms with van der Waals surface area (Å²) in [4.78, 5) is 67.2. The molecule has 0 aromatic heterocycles. The van der Waals surface area contributed by atoms with Gasteiger partial charge in [-0.05, 0) is 47.6 Å². The summed E-state index contributed by atoms with van der Waals surface area (Å²) in [6, 6.07) is 6.17. The first-order chi connectivity index (χ1) is 19.3. The number of para-hydroxylation sites is 1. The molecule has 3 aliphatic rings. The van der Waals surface area contributed by atoms with Crippen molar-refractivity contribution in [1.29, 1.82) is 0 Å². The van der Waals surface area contributed by atoms with E-state index in [0.29, 0.717) is 25.3 Å². The van der Waals surface area contributed by atoms with Crippen LogP contribution in [0.3, 0.4) is 0 Å². The zero-order valence-electron chi connectivity index (χ0n) is 24.7. The first-order valence-corrected chi connectivity index (χ1v) is 14.2. The lowest BCUT2D eigenvalue weighted by Crippen LogP contribution is -2.60. The summed E-state index contributed by atoms with van der Waals surface area (Å²) in [5, 5.41) is 8.32. The number of fused-ring (bicyclic) bond motifs is 1. The fourth-order valence-corrected chi connectivity index (χ4v) is 6.26. The summed E-state index contributed by atoms with van der Waals surface area (Å²) in [6.07, 6.45) is -0.0276. The fraction of sp³-hybridized carbons (Fsp3) is 0.633. The van der Waals surface area contributed by atoms with E-state index in [2.05, 4.69) is 29.8 Å². The number of hydrogen-bond acceptors (Lipinski definition) is 7. The minimum absolute atomic E-state index is 0.101. The van der Waals surface area contributed by atoms with Crippen molar-refractivity contribution in [2.24, 2.45) is 28.6 Å². The van der Waals surface area contributed by atoms with Gasteiger partial charge in [-0.2, -0.15) is 0 Å². The van der Waals surface area contributed by atoms with Crippen LogP contribution in [0.2, 0.25) is 0 Å². The highest BCUT2D eigenvalue weighted by Crippen LogP contribution is 2.65. The van der Waals surface area contributed by atoms with Crippen LogP contribution in [0.1, 0.15) is 47.5 Å². The Balaban J connectivity index is 1.55. The number of likely N-dealkylation sites (tertiary alicyclic amines) is 1. The van der Waals surface area contributed by atoms with E-state index in [4.69, 9.17) is 9.47 Å². The van der Waals surface area contributed by atoms with Crippen LogP contribution in [0.25, 0.3) is 0 Å². The molecule has 0 bridgehead atoms. The van der Waals surface area contributed by atoms with Crippen molar-refractivity contribution in [2.75, 3.05) is 26.8 Å². The van der Waals surface area contributed by atoms with Crippen molar-refractivity contribution < 1.29 is 33.4 Å². The second kappa shape index (κ2) is 11.7. The third kappa shape index (κ3) is 6.49. The zero-order chi connectivity index (χ0) is 30.1. The summed E-state index contributed by atoms with van der Waals surface area (Å²) in [7, 11) is 1.23. The third-order valence-corrected chi connectivity index (χ3v) is 8.83. The highest BCUT2D eigenvalue weighted by atomic mass is 16.5. The average Bonchev–Trinajstić information content (AvgIpc) is 3.27. The van der Waals surface area contributed by atoms with E-state index in [1.165, 1.54) is 12.0 Å². The number of Topliss-reactive ketones (excluding diaryl/α,β-unsaturated/α-hetero) is 1. The number of ether oxygens (including phenoxy) is 2. The van der Waals surface area contributed by atoms with Crippen LogP contribution in [0.4, 0.5) is 4.79 Å². The monoisotopic (exact) mass is 570 g/mol. The number of nitrogens with zero attached hydrogens (tertiary/aromatic N) is 1.